The summed E-state index contributed by atoms with van der Waals surface area (Å²) in [6.07, 6.45) is 0. The summed E-state index contributed by atoms with van der Waals surface area (Å²) in [5.74, 6) is 0.563. The molecule has 1 aliphatic heterocycles. The van der Waals surface area contributed by atoms with Crippen LogP contribution in [0.2, 0.25) is 0 Å². The lowest BCUT2D eigenvalue weighted by molar-refractivity contribution is -0.126. The van der Waals surface area contributed by atoms with E-state index in [1.54, 1.807) is 0 Å². The molecule has 0 spiro atoms. The number of ether oxygens (including phenoxy) is 1. The van der Waals surface area contributed by atoms with Crippen molar-refractivity contribution >= 4 is 11.8 Å². The molecule has 6 nitrogen and oxygen atoms in total. The number of carbonyl (C=O) groups excluding carboxylic acids is 2. The third-order valence-corrected chi connectivity index (χ3v) is 2.74. The van der Waals surface area contributed by atoms with Crippen molar-refractivity contribution in [2.75, 3.05) is 26.2 Å². The van der Waals surface area contributed by atoms with Crippen molar-refractivity contribution in [3.05, 3.63) is 30.3 Å². The number of carbonyl (C=O) groups is 2. The number of piperazine rings is 1. The molecule has 1 atom stereocenters. The van der Waals surface area contributed by atoms with Crippen LogP contribution < -0.4 is 20.7 Å². The highest BCUT2D eigenvalue weighted by atomic mass is 16.5. The lowest BCUT2D eigenvalue weighted by atomic mass is 10.2. The fraction of sp³-hybridized carbons (Fsp3) is 0.385. The normalized spacial score (nSPS) is 18.5. The van der Waals surface area contributed by atoms with Gasteiger partial charge in [-0.25, -0.2) is 0 Å². The molecule has 6 heteroatoms. The summed E-state index contributed by atoms with van der Waals surface area (Å²) < 4.78 is 5.46. The molecule has 1 heterocycles. The molecule has 0 bridgehead atoms. The number of rotatable bonds is 5. The predicted molar refractivity (Wildman–Crippen MR) is 69.7 cm³/mol. The SMILES string of the molecule is O=C1CNC(C(=O)NCCOc2ccccc2)CN1. The zero-order valence-electron chi connectivity index (χ0n) is 10.5. The second-order valence-corrected chi connectivity index (χ2v) is 4.19. The van der Waals surface area contributed by atoms with Crippen molar-refractivity contribution in [3.63, 3.8) is 0 Å². The van der Waals surface area contributed by atoms with Gasteiger partial charge in [0.2, 0.25) is 11.8 Å². The van der Waals surface area contributed by atoms with Crippen LogP contribution >= 0.6 is 0 Å². The van der Waals surface area contributed by atoms with Crippen LogP contribution in [0.5, 0.6) is 5.75 Å². The van der Waals surface area contributed by atoms with Gasteiger partial charge in [0, 0.05) is 6.54 Å². The molecule has 2 amide bonds. The van der Waals surface area contributed by atoms with Crippen molar-refractivity contribution < 1.29 is 14.3 Å². The Balaban J connectivity index is 1.63. The van der Waals surface area contributed by atoms with E-state index in [1.165, 1.54) is 0 Å². The summed E-state index contributed by atoms with van der Waals surface area (Å²) in [6, 6.07) is 9.05. The van der Waals surface area contributed by atoms with Crippen LogP contribution in [0, 0.1) is 0 Å². The summed E-state index contributed by atoms with van der Waals surface area (Å²) in [7, 11) is 0. The molecule has 0 aromatic heterocycles. The van der Waals surface area contributed by atoms with Crippen molar-refractivity contribution in [1.29, 1.82) is 0 Å². The molecule has 1 aliphatic rings. The third kappa shape index (κ3) is 4.26. The van der Waals surface area contributed by atoms with Crippen molar-refractivity contribution in [2.45, 2.75) is 6.04 Å². The summed E-state index contributed by atoms with van der Waals surface area (Å²) in [5, 5.41) is 8.26. The summed E-state index contributed by atoms with van der Waals surface area (Å²) in [6.45, 7) is 1.34. The zero-order chi connectivity index (χ0) is 13.5. The van der Waals surface area contributed by atoms with Crippen LogP contribution in [0.4, 0.5) is 0 Å². The minimum Gasteiger partial charge on any atom is -0.492 e. The van der Waals surface area contributed by atoms with Crippen LogP contribution in [-0.2, 0) is 9.59 Å². The number of nitrogens with one attached hydrogen (secondary N) is 3. The number of para-hydroxylation sites is 1. The van der Waals surface area contributed by atoms with Gasteiger partial charge in [-0.15, -0.1) is 0 Å². The molecule has 0 radical (unpaired) electrons. The molecule has 102 valence electrons. The van der Waals surface area contributed by atoms with Gasteiger partial charge in [0.15, 0.2) is 0 Å². The monoisotopic (exact) mass is 263 g/mol. The van der Waals surface area contributed by atoms with Gasteiger partial charge in [0.25, 0.3) is 0 Å². The second kappa shape index (κ2) is 6.75. The van der Waals surface area contributed by atoms with Crippen LogP contribution in [0.1, 0.15) is 0 Å². The maximum atomic E-state index is 11.7. The molecular formula is C13H17N3O3. The molecular weight excluding hydrogens is 246 g/mol. The predicted octanol–water partition coefficient (Wildman–Crippen LogP) is -0.730. The van der Waals surface area contributed by atoms with Crippen molar-refractivity contribution in [3.8, 4) is 5.75 Å². The highest BCUT2D eigenvalue weighted by Crippen LogP contribution is 2.07. The van der Waals surface area contributed by atoms with Crippen LogP contribution in [0.25, 0.3) is 0 Å². The van der Waals surface area contributed by atoms with E-state index in [0.29, 0.717) is 19.7 Å². The fourth-order valence-electron chi connectivity index (χ4n) is 1.73. The van der Waals surface area contributed by atoms with E-state index >= 15 is 0 Å². The van der Waals surface area contributed by atoms with Gasteiger partial charge >= 0.3 is 0 Å². The Labute approximate surface area is 111 Å². The Morgan fingerprint density at radius 2 is 2.16 bits per heavy atom. The van der Waals surface area contributed by atoms with Gasteiger partial charge < -0.3 is 15.4 Å². The van der Waals surface area contributed by atoms with Gasteiger partial charge in [-0.2, -0.15) is 0 Å². The molecule has 1 fully saturated rings. The molecule has 1 saturated heterocycles. The molecule has 1 unspecified atom stereocenters. The first-order valence-electron chi connectivity index (χ1n) is 6.21. The Hall–Kier alpha value is -2.08. The van der Waals surface area contributed by atoms with E-state index in [0.717, 1.165) is 5.75 Å². The number of amides is 2. The van der Waals surface area contributed by atoms with E-state index in [-0.39, 0.29) is 24.4 Å². The van der Waals surface area contributed by atoms with Gasteiger partial charge in [0.1, 0.15) is 18.4 Å². The maximum Gasteiger partial charge on any atom is 0.239 e. The summed E-state index contributed by atoms with van der Waals surface area (Å²) in [4.78, 5) is 22.7. The van der Waals surface area contributed by atoms with E-state index in [4.69, 9.17) is 4.74 Å². The van der Waals surface area contributed by atoms with Gasteiger partial charge in [-0.05, 0) is 12.1 Å². The first-order chi connectivity index (χ1) is 9.25. The Bertz CT molecular complexity index is 426. The first-order valence-corrected chi connectivity index (χ1v) is 6.21. The Morgan fingerprint density at radius 1 is 1.37 bits per heavy atom. The van der Waals surface area contributed by atoms with Crippen LogP contribution in [-0.4, -0.2) is 44.1 Å². The lowest BCUT2D eigenvalue weighted by Gasteiger charge is -2.23. The smallest absolute Gasteiger partial charge is 0.239 e. The highest BCUT2D eigenvalue weighted by Gasteiger charge is 2.23. The van der Waals surface area contributed by atoms with Crippen molar-refractivity contribution in [1.82, 2.24) is 16.0 Å². The maximum absolute atomic E-state index is 11.7. The average Bonchev–Trinajstić information content (AvgIpc) is 2.45. The van der Waals surface area contributed by atoms with Gasteiger partial charge in [-0.1, -0.05) is 18.2 Å². The summed E-state index contributed by atoms with van der Waals surface area (Å²) in [5.41, 5.74) is 0. The van der Waals surface area contributed by atoms with E-state index in [9.17, 15) is 9.59 Å². The molecule has 3 N–H and O–H groups in total. The van der Waals surface area contributed by atoms with Crippen LogP contribution in [0.3, 0.4) is 0 Å². The largest absolute Gasteiger partial charge is 0.492 e. The van der Waals surface area contributed by atoms with E-state index in [2.05, 4.69) is 16.0 Å². The standard InChI is InChI=1S/C13H17N3O3/c17-12-9-15-11(8-16-12)13(18)14-6-7-19-10-4-2-1-3-5-10/h1-5,11,15H,6-9H2,(H,14,18)(H,16,17). The summed E-state index contributed by atoms with van der Waals surface area (Å²) >= 11 is 0. The fourth-order valence-corrected chi connectivity index (χ4v) is 1.73. The quantitative estimate of drug-likeness (QED) is 0.612. The highest BCUT2D eigenvalue weighted by molar-refractivity contribution is 5.86. The Kier molecular flexibility index (Phi) is 4.74. The van der Waals surface area contributed by atoms with Gasteiger partial charge in [-0.3, -0.25) is 14.9 Å². The molecule has 2 rings (SSSR count). The number of hydrogen-bond acceptors (Lipinski definition) is 4. The van der Waals surface area contributed by atoms with E-state index in [1.807, 2.05) is 30.3 Å². The van der Waals surface area contributed by atoms with Gasteiger partial charge in [0.05, 0.1) is 13.1 Å². The lowest BCUT2D eigenvalue weighted by Crippen LogP contribution is -2.58. The van der Waals surface area contributed by atoms with E-state index < -0.39 is 0 Å². The minimum absolute atomic E-state index is 0.0866. The third-order valence-electron chi connectivity index (χ3n) is 2.74. The minimum atomic E-state index is -0.366. The number of benzene rings is 1. The van der Waals surface area contributed by atoms with Crippen molar-refractivity contribution in [2.24, 2.45) is 0 Å². The molecule has 0 aliphatic carbocycles. The molecule has 1 aromatic carbocycles. The molecule has 19 heavy (non-hydrogen) atoms. The first kappa shape index (κ1) is 13.4. The zero-order valence-corrected chi connectivity index (χ0v) is 10.5. The number of hydrogen-bond donors (Lipinski definition) is 3. The Morgan fingerprint density at radius 3 is 2.84 bits per heavy atom. The topological polar surface area (TPSA) is 79.5 Å². The molecule has 0 saturated carbocycles. The average molecular weight is 263 g/mol. The molecule has 1 aromatic rings. The van der Waals surface area contributed by atoms with Crippen LogP contribution in [0.15, 0.2) is 30.3 Å². The second-order valence-electron chi connectivity index (χ2n) is 4.19.